The Hall–Kier alpha value is -4.46. The molecular formula is C30H30N6O4. The van der Waals surface area contributed by atoms with Gasteiger partial charge < -0.3 is 19.2 Å². The van der Waals surface area contributed by atoms with Crippen molar-refractivity contribution in [3.63, 3.8) is 0 Å². The van der Waals surface area contributed by atoms with Crippen molar-refractivity contribution < 1.29 is 14.3 Å². The first-order valence-corrected chi connectivity index (χ1v) is 13.4. The summed E-state index contributed by atoms with van der Waals surface area (Å²) in [6.07, 6.45) is 5.29. The molecule has 40 heavy (non-hydrogen) atoms. The number of oxazole rings is 1. The summed E-state index contributed by atoms with van der Waals surface area (Å²) in [7, 11) is 1.68. The molecule has 0 aliphatic carbocycles. The van der Waals surface area contributed by atoms with Gasteiger partial charge in [0.1, 0.15) is 0 Å². The SMILES string of the molecule is [C-]#[N+]c1ccc(-c2nc(OC[C@@H]3CCCN(C[C@@H](C)O)C3)n3ccnc3c2-c2ccc3c(c2)oc(=O)n3C)cc1. The lowest BCUT2D eigenvalue weighted by Gasteiger charge is -2.33. The van der Waals surface area contributed by atoms with Gasteiger partial charge in [-0.15, -0.1) is 0 Å². The van der Waals surface area contributed by atoms with Crippen LogP contribution in [0.25, 0.3) is 44.0 Å². The minimum Gasteiger partial charge on any atom is -0.464 e. The molecule has 1 N–H and O–H groups in total. The van der Waals surface area contributed by atoms with Gasteiger partial charge in [0, 0.05) is 38.4 Å². The van der Waals surface area contributed by atoms with Gasteiger partial charge in [-0.25, -0.2) is 14.6 Å². The van der Waals surface area contributed by atoms with E-state index in [-0.39, 0.29) is 6.10 Å². The quantitative estimate of drug-likeness (QED) is 0.304. The lowest BCUT2D eigenvalue weighted by molar-refractivity contribution is 0.0778. The number of nitrogens with zero attached hydrogens (tertiary/aromatic N) is 6. The number of piperidine rings is 1. The molecule has 1 aliphatic heterocycles. The van der Waals surface area contributed by atoms with Gasteiger partial charge in [0.15, 0.2) is 16.9 Å². The zero-order chi connectivity index (χ0) is 27.8. The van der Waals surface area contributed by atoms with Crippen molar-refractivity contribution in [1.82, 2.24) is 23.8 Å². The van der Waals surface area contributed by atoms with Crippen molar-refractivity contribution in [2.75, 3.05) is 26.2 Å². The molecule has 1 aliphatic rings. The Morgan fingerprint density at radius 1 is 1.23 bits per heavy atom. The van der Waals surface area contributed by atoms with E-state index < -0.39 is 5.76 Å². The molecule has 5 aromatic rings. The van der Waals surface area contributed by atoms with Gasteiger partial charge in [0.05, 0.1) is 36.1 Å². The van der Waals surface area contributed by atoms with Crippen LogP contribution in [0.5, 0.6) is 6.01 Å². The maximum Gasteiger partial charge on any atom is 0.419 e. The highest BCUT2D eigenvalue weighted by Crippen LogP contribution is 2.37. The lowest BCUT2D eigenvalue weighted by Crippen LogP contribution is -2.41. The van der Waals surface area contributed by atoms with Crippen molar-refractivity contribution in [2.24, 2.45) is 13.0 Å². The van der Waals surface area contributed by atoms with Gasteiger partial charge in [-0.3, -0.25) is 8.97 Å². The molecule has 0 bridgehead atoms. The van der Waals surface area contributed by atoms with Gasteiger partial charge in [0.2, 0.25) is 0 Å². The highest BCUT2D eigenvalue weighted by molar-refractivity contribution is 5.93. The normalized spacial score (nSPS) is 16.8. The largest absolute Gasteiger partial charge is 0.464 e. The van der Waals surface area contributed by atoms with Crippen molar-refractivity contribution >= 4 is 22.4 Å². The van der Waals surface area contributed by atoms with E-state index in [1.807, 2.05) is 47.9 Å². The van der Waals surface area contributed by atoms with Crippen LogP contribution in [-0.2, 0) is 7.05 Å². The Morgan fingerprint density at radius 3 is 2.80 bits per heavy atom. The molecule has 2 atom stereocenters. The second kappa shape index (κ2) is 10.6. The molecule has 1 fully saturated rings. The second-order valence-electron chi connectivity index (χ2n) is 10.4. The fourth-order valence-corrected chi connectivity index (χ4v) is 5.53. The van der Waals surface area contributed by atoms with Crippen LogP contribution in [0, 0.1) is 12.5 Å². The summed E-state index contributed by atoms with van der Waals surface area (Å²) >= 11 is 0. The number of likely N-dealkylation sites (tertiary alicyclic amines) is 1. The number of β-amino-alcohol motifs (C(OH)–C–C–N with tert-alkyl or cyclic N) is 1. The highest BCUT2D eigenvalue weighted by atomic mass is 16.5. The number of aryl methyl sites for hydroxylation is 1. The minimum atomic E-state index is -0.426. The van der Waals surface area contributed by atoms with Crippen LogP contribution in [-0.4, -0.2) is 61.3 Å². The van der Waals surface area contributed by atoms with E-state index in [4.69, 9.17) is 20.7 Å². The fourth-order valence-electron chi connectivity index (χ4n) is 5.53. The first-order valence-electron chi connectivity index (χ1n) is 13.4. The number of imidazole rings is 1. The summed E-state index contributed by atoms with van der Waals surface area (Å²) in [5.41, 5.74) is 5.39. The second-order valence-corrected chi connectivity index (χ2v) is 10.4. The number of aliphatic hydroxyl groups excluding tert-OH is 1. The van der Waals surface area contributed by atoms with Crippen LogP contribution >= 0.6 is 0 Å². The third-order valence-electron chi connectivity index (χ3n) is 7.44. The molecule has 2 aromatic carbocycles. The number of aliphatic hydroxyl groups is 1. The van der Waals surface area contributed by atoms with Crippen molar-refractivity contribution in [1.29, 1.82) is 0 Å². The predicted molar refractivity (Wildman–Crippen MR) is 151 cm³/mol. The summed E-state index contributed by atoms with van der Waals surface area (Å²) in [5.74, 6) is -0.109. The summed E-state index contributed by atoms with van der Waals surface area (Å²) in [6.45, 7) is 12.2. The molecule has 0 saturated carbocycles. The van der Waals surface area contributed by atoms with Crippen LogP contribution in [0.4, 0.5) is 5.69 Å². The molecule has 10 heteroatoms. The van der Waals surface area contributed by atoms with Crippen molar-refractivity contribution in [3.8, 4) is 28.4 Å². The van der Waals surface area contributed by atoms with Crippen LogP contribution < -0.4 is 10.5 Å². The molecule has 10 nitrogen and oxygen atoms in total. The number of hydrogen-bond donors (Lipinski definition) is 1. The zero-order valence-electron chi connectivity index (χ0n) is 22.4. The number of hydrogen-bond acceptors (Lipinski definition) is 7. The summed E-state index contributed by atoms with van der Waals surface area (Å²) in [6, 6.07) is 13.3. The minimum absolute atomic E-state index is 0.317. The molecule has 4 heterocycles. The predicted octanol–water partition coefficient (Wildman–Crippen LogP) is 4.53. The van der Waals surface area contributed by atoms with E-state index in [0.29, 0.717) is 53.2 Å². The smallest absolute Gasteiger partial charge is 0.419 e. The van der Waals surface area contributed by atoms with Gasteiger partial charge in [-0.1, -0.05) is 30.3 Å². The summed E-state index contributed by atoms with van der Waals surface area (Å²) in [4.78, 5) is 27.6. The number of rotatable bonds is 7. The maximum absolute atomic E-state index is 12.1. The Balaban J connectivity index is 1.43. The third-order valence-corrected chi connectivity index (χ3v) is 7.44. The molecular weight excluding hydrogens is 508 g/mol. The van der Waals surface area contributed by atoms with E-state index in [1.54, 1.807) is 25.4 Å². The molecule has 6 rings (SSSR count). The molecule has 0 spiro atoms. The third kappa shape index (κ3) is 4.85. The molecule has 3 aromatic heterocycles. The monoisotopic (exact) mass is 538 g/mol. The standard InChI is InChI=1S/C30H30N6O4/c1-19(37)16-35-13-4-5-20(17-35)18-39-29-33-27(21-6-9-23(31-2)10-7-21)26(28-32-12-14-36(28)29)22-8-11-24-25(15-22)40-30(38)34(24)3/h6-12,14-15,19-20,37H,4-5,13,16-18H2,1,3H3/t19-,20-/m1/s1. The van der Waals surface area contributed by atoms with Crippen LogP contribution in [0.2, 0.25) is 0 Å². The van der Waals surface area contributed by atoms with Crippen molar-refractivity contribution in [2.45, 2.75) is 25.9 Å². The summed E-state index contributed by atoms with van der Waals surface area (Å²) < 4.78 is 15.2. The molecule has 0 unspecified atom stereocenters. The molecule has 0 amide bonds. The Kier molecular flexibility index (Phi) is 6.84. The summed E-state index contributed by atoms with van der Waals surface area (Å²) in [5, 5.41) is 9.83. The first kappa shape index (κ1) is 25.8. The van der Waals surface area contributed by atoms with Crippen LogP contribution in [0.15, 0.2) is 64.1 Å². The van der Waals surface area contributed by atoms with Crippen LogP contribution in [0.1, 0.15) is 19.8 Å². The van der Waals surface area contributed by atoms with Gasteiger partial charge in [0.25, 0.3) is 0 Å². The Bertz CT molecular complexity index is 1780. The molecule has 0 radical (unpaired) electrons. The Morgan fingerprint density at radius 2 is 2.02 bits per heavy atom. The lowest BCUT2D eigenvalue weighted by atomic mass is 9.98. The number of fused-ring (bicyclic) bond motifs is 2. The number of aromatic nitrogens is 4. The van der Waals surface area contributed by atoms with Gasteiger partial charge >= 0.3 is 11.8 Å². The highest BCUT2D eigenvalue weighted by Gasteiger charge is 2.24. The maximum atomic E-state index is 12.1. The fraction of sp³-hybridized carbons (Fsp3) is 0.333. The molecule has 1 saturated heterocycles. The first-order chi connectivity index (χ1) is 19.4. The van der Waals surface area contributed by atoms with Gasteiger partial charge in [-0.05, 0) is 49.6 Å². The van der Waals surface area contributed by atoms with E-state index in [2.05, 4.69) is 14.7 Å². The van der Waals surface area contributed by atoms with Crippen molar-refractivity contribution in [3.05, 3.63) is 76.8 Å². The average molecular weight is 539 g/mol. The Labute approximate surface area is 230 Å². The van der Waals surface area contributed by atoms with E-state index in [0.717, 1.165) is 42.6 Å². The van der Waals surface area contributed by atoms with E-state index >= 15 is 0 Å². The van der Waals surface area contributed by atoms with E-state index in [1.165, 1.54) is 4.57 Å². The zero-order valence-corrected chi connectivity index (χ0v) is 22.4. The number of ether oxygens (including phenoxy) is 1. The van der Waals surface area contributed by atoms with Crippen LogP contribution in [0.3, 0.4) is 0 Å². The van der Waals surface area contributed by atoms with Gasteiger partial charge in [-0.2, -0.15) is 4.98 Å². The average Bonchev–Trinajstić information content (AvgIpc) is 3.55. The topological polar surface area (TPSA) is 102 Å². The van der Waals surface area contributed by atoms with E-state index in [9.17, 15) is 9.90 Å². The molecule has 204 valence electrons. The number of benzene rings is 2.